The highest BCUT2D eigenvalue weighted by Crippen LogP contribution is 2.55. The molecule has 0 unspecified atom stereocenters. The molecule has 0 aliphatic carbocycles. The third-order valence-corrected chi connectivity index (χ3v) is 10.6. The molecule has 0 aliphatic heterocycles. The fourth-order valence-corrected chi connectivity index (χ4v) is 5.74. The van der Waals surface area contributed by atoms with Gasteiger partial charge in [-0.15, -0.1) is 0 Å². The van der Waals surface area contributed by atoms with Gasteiger partial charge in [0.2, 0.25) is 0 Å². The van der Waals surface area contributed by atoms with Crippen LogP contribution in [0.4, 0.5) is 0 Å². The second kappa shape index (κ2) is 24.2. The summed E-state index contributed by atoms with van der Waals surface area (Å²) in [6.45, 7) is 23.4. The lowest BCUT2D eigenvalue weighted by Gasteiger charge is -2.28. The second-order valence-electron chi connectivity index (χ2n) is 14.5. The molecule has 0 saturated heterocycles. The molecule has 0 aromatic rings. The average molecular weight is 655 g/mol. The van der Waals surface area contributed by atoms with Gasteiger partial charge in [0.25, 0.3) is 0 Å². The summed E-state index contributed by atoms with van der Waals surface area (Å²) in [6, 6.07) is 0. The van der Waals surface area contributed by atoms with E-state index < -0.39 is 12.8 Å². The summed E-state index contributed by atoms with van der Waals surface area (Å²) in [5.74, 6) is 0. The lowest BCUT2D eigenvalue weighted by atomic mass is 9.97. The van der Waals surface area contributed by atoms with Crippen molar-refractivity contribution in [2.75, 3.05) is 0 Å². The smallest absolute Gasteiger partial charge is 0.324 e. The molecule has 3 nitrogen and oxygen atoms in total. The monoisotopic (exact) mass is 655 g/mol. The zero-order chi connectivity index (χ0) is 35.2. The zero-order valence-corrected chi connectivity index (χ0v) is 32.7. The third kappa shape index (κ3) is 23.4. The van der Waals surface area contributed by atoms with Gasteiger partial charge in [-0.25, -0.2) is 0 Å². The molecule has 4 heteroatoms. The second-order valence-corrected chi connectivity index (χ2v) is 16.7. The number of rotatable bonds is 23. The Morgan fingerprint density at radius 1 is 0.435 bits per heavy atom. The molecule has 0 heterocycles. The molecular weight excluding hydrogens is 583 g/mol. The first-order chi connectivity index (χ1) is 21.4. The summed E-state index contributed by atoms with van der Waals surface area (Å²) in [5.41, 5.74) is 10.9. The fraction of sp³-hybridized carbons (Fsp3) is 0.619. The van der Waals surface area contributed by atoms with E-state index in [1.54, 1.807) is 6.92 Å². The fourth-order valence-electron chi connectivity index (χ4n) is 5.08. The Hall–Kier alpha value is -1.93. The predicted molar refractivity (Wildman–Crippen MR) is 206 cm³/mol. The van der Waals surface area contributed by atoms with Crippen LogP contribution < -0.4 is 0 Å². The van der Waals surface area contributed by atoms with Crippen LogP contribution in [0.5, 0.6) is 0 Å². The van der Waals surface area contributed by atoms with Crippen molar-refractivity contribution in [1.82, 2.24) is 0 Å². The van der Waals surface area contributed by atoms with Gasteiger partial charge in [0.15, 0.2) is 0 Å². The summed E-state index contributed by atoms with van der Waals surface area (Å²) >= 11 is 0. The predicted octanol–water partition coefficient (Wildman–Crippen LogP) is 14.0. The Kier molecular flexibility index (Phi) is 23.2. The number of hydrogen-bond donors (Lipinski definition) is 2. The van der Waals surface area contributed by atoms with Crippen molar-refractivity contribution in [1.29, 1.82) is 0 Å². The Labute approximate surface area is 285 Å². The van der Waals surface area contributed by atoms with Gasteiger partial charge in [-0.3, -0.25) is 4.57 Å². The maximum atomic E-state index is 12.6. The van der Waals surface area contributed by atoms with Crippen molar-refractivity contribution >= 4 is 7.60 Å². The van der Waals surface area contributed by atoms with Crippen LogP contribution in [0.25, 0.3) is 0 Å². The van der Waals surface area contributed by atoms with Crippen LogP contribution in [0.2, 0.25) is 0 Å². The zero-order valence-electron chi connectivity index (χ0n) is 31.8. The van der Waals surface area contributed by atoms with E-state index in [2.05, 4.69) is 106 Å². The van der Waals surface area contributed by atoms with E-state index in [9.17, 15) is 14.4 Å². The molecule has 0 rings (SSSR count). The number of hydrogen-bond acceptors (Lipinski definition) is 1. The van der Waals surface area contributed by atoms with Crippen molar-refractivity contribution < 1.29 is 14.4 Å². The third-order valence-electron chi connectivity index (χ3n) is 8.79. The molecule has 262 valence electrons. The Balaban J connectivity index is 4.83. The lowest BCUT2D eigenvalue weighted by Crippen LogP contribution is -2.23. The minimum atomic E-state index is -4.28. The molecule has 0 fully saturated rings. The Morgan fingerprint density at radius 2 is 0.652 bits per heavy atom. The van der Waals surface area contributed by atoms with Crippen LogP contribution in [0, 0.1) is 0 Å². The summed E-state index contributed by atoms with van der Waals surface area (Å²) in [4.78, 5) is 20.5. The van der Waals surface area contributed by atoms with E-state index in [1.807, 2.05) is 12.2 Å². The molecule has 46 heavy (non-hydrogen) atoms. The van der Waals surface area contributed by atoms with Crippen molar-refractivity contribution in [3.8, 4) is 0 Å². The minimum absolute atomic E-state index is 0.382. The van der Waals surface area contributed by atoms with Gasteiger partial charge in [-0.05, 0) is 166 Å². The van der Waals surface area contributed by atoms with Gasteiger partial charge in [0, 0.05) is 0 Å². The van der Waals surface area contributed by atoms with Gasteiger partial charge < -0.3 is 9.79 Å². The van der Waals surface area contributed by atoms with E-state index in [-0.39, 0.29) is 0 Å². The van der Waals surface area contributed by atoms with Crippen LogP contribution in [0.1, 0.15) is 166 Å². The normalized spacial score (nSPS) is 15.6. The van der Waals surface area contributed by atoms with Crippen LogP contribution in [0.15, 0.2) is 93.2 Å². The number of allylic oxidation sites excluding steroid dienone is 16. The van der Waals surface area contributed by atoms with E-state index in [1.165, 1.54) is 44.6 Å². The first-order valence-electron chi connectivity index (χ1n) is 17.7. The van der Waals surface area contributed by atoms with E-state index in [0.717, 1.165) is 77.0 Å². The summed E-state index contributed by atoms with van der Waals surface area (Å²) in [5, 5.41) is -1.08. The topological polar surface area (TPSA) is 57.5 Å². The van der Waals surface area contributed by atoms with Crippen molar-refractivity contribution in [2.24, 2.45) is 0 Å². The molecular formula is C42H71O3P. The van der Waals surface area contributed by atoms with E-state index in [4.69, 9.17) is 0 Å². The largest absolute Gasteiger partial charge is 0.331 e. The van der Waals surface area contributed by atoms with Crippen LogP contribution >= 0.6 is 7.60 Å². The molecule has 0 aromatic heterocycles. The van der Waals surface area contributed by atoms with Crippen LogP contribution in [0.3, 0.4) is 0 Å². The first-order valence-corrected chi connectivity index (χ1v) is 19.3. The van der Waals surface area contributed by atoms with E-state index >= 15 is 0 Å². The summed E-state index contributed by atoms with van der Waals surface area (Å²) < 4.78 is 12.6. The van der Waals surface area contributed by atoms with Crippen molar-refractivity contribution in [3.05, 3.63) is 93.2 Å². The molecule has 0 amide bonds. The summed E-state index contributed by atoms with van der Waals surface area (Å²) in [6.07, 6.45) is 31.4. The van der Waals surface area contributed by atoms with Gasteiger partial charge in [-0.1, -0.05) is 93.2 Å². The molecule has 0 spiro atoms. The van der Waals surface area contributed by atoms with Gasteiger partial charge in [-0.2, -0.15) is 0 Å². The quantitative estimate of drug-likeness (QED) is 0.0851. The molecule has 0 aromatic carbocycles. The Morgan fingerprint density at radius 3 is 0.870 bits per heavy atom. The highest BCUT2D eigenvalue weighted by molar-refractivity contribution is 7.53. The molecule has 0 atom stereocenters. The highest BCUT2D eigenvalue weighted by atomic mass is 31.2. The average Bonchev–Trinajstić information content (AvgIpc) is 2.94. The highest BCUT2D eigenvalue weighted by Gasteiger charge is 2.40. The standard InChI is InChI=1S/C42H71O3P/c1-34(2)18-12-20-36(5)22-14-24-38(7)26-16-28-40(9)30-32-42(11,46(43,44)45)33-31-41(10)29-17-27-39(8)25-15-23-37(6)21-13-19-35(3)4/h18-19,22-23,26-27,30-31H,12-17,20-21,24-25,28-29,32-33H2,1-11H3,(H2,43,44,45)/b36-22+,37-23+,38-26+,39-27+,40-30+,41-31+. The van der Waals surface area contributed by atoms with Gasteiger partial charge in [0.05, 0.1) is 5.16 Å². The lowest BCUT2D eigenvalue weighted by molar-refractivity contribution is 0.329. The maximum absolute atomic E-state index is 12.6. The molecule has 0 bridgehead atoms. The summed E-state index contributed by atoms with van der Waals surface area (Å²) in [7, 11) is -4.28. The van der Waals surface area contributed by atoms with Crippen LogP contribution in [-0.4, -0.2) is 14.9 Å². The molecule has 2 N–H and O–H groups in total. The van der Waals surface area contributed by atoms with E-state index in [0.29, 0.717) is 12.8 Å². The minimum Gasteiger partial charge on any atom is -0.324 e. The SMILES string of the molecule is CC(C)=CCC/C(C)=C/CC/C(C)=C/CC/C(C)=C/CC(C)(C/C=C(\C)CC/C=C(\C)CC/C=C(\C)CCC=C(C)C)P(=O)(O)O. The molecule has 0 saturated carbocycles. The van der Waals surface area contributed by atoms with Crippen LogP contribution in [-0.2, 0) is 4.57 Å². The van der Waals surface area contributed by atoms with Gasteiger partial charge >= 0.3 is 7.60 Å². The van der Waals surface area contributed by atoms with Crippen molar-refractivity contribution in [2.45, 2.75) is 171 Å². The van der Waals surface area contributed by atoms with Crippen molar-refractivity contribution in [3.63, 3.8) is 0 Å². The molecule has 0 aliphatic rings. The van der Waals surface area contributed by atoms with Gasteiger partial charge in [0.1, 0.15) is 0 Å². The first kappa shape index (κ1) is 44.1. The Bertz CT molecular complexity index is 1110. The molecule has 0 radical (unpaired) electrons. The maximum Gasteiger partial charge on any atom is 0.331 e.